The van der Waals surface area contributed by atoms with E-state index >= 15 is 0 Å². The molecule has 198 valence electrons. The summed E-state index contributed by atoms with van der Waals surface area (Å²) in [7, 11) is 0. The number of halogens is 3. The van der Waals surface area contributed by atoms with Crippen LogP contribution < -0.4 is 4.65 Å². The van der Waals surface area contributed by atoms with Gasteiger partial charge in [-0.2, -0.15) is 0 Å². The average molecular weight is 544 g/mol. The zero-order valence-corrected chi connectivity index (χ0v) is 21.8. The summed E-state index contributed by atoms with van der Waals surface area (Å²) in [5, 5.41) is 23.3. The van der Waals surface area contributed by atoms with Crippen LogP contribution in [0, 0.1) is 23.8 Å². The van der Waals surface area contributed by atoms with Crippen molar-refractivity contribution in [1.29, 1.82) is 0 Å². The number of hydroxylamine groups is 2. The van der Waals surface area contributed by atoms with E-state index in [9.17, 15) is 23.9 Å². The Morgan fingerprint density at radius 2 is 1.87 bits per heavy atom. The molecule has 3 aromatic heterocycles. The molecule has 0 bridgehead atoms. The summed E-state index contributed by atoms with van der Waals surface area (Å²) in [6.45, 7) is 6.03. The number of hydrogen-bond acceptors (Lipinski definition) is 8. The Bertz CT molecular complexity index is 1490. The molecule has 4 rings (SSSR count). The number of aryl methyl sites for hydroxylation is 1. The van der Waals surface area contributed by atoms with Crippen molar-refractivity contribution in [2.45, 2.75) is 39.7 Å². The molecule has 0 aliphatic carbocycles. The molecule has 0 aromatic carbocycles. The Labute approximate surface area is 222 Å². The van der Waals surface area contributed by atoms with E-state index in [0.29, 0.717) is 28.8 Å². The molecule has 0 saturated heterocycles. The number of rotatable bonds is 7. The molecule has 1 amide bonds. The summed E-state index contributed by atoms with van der Waals surface area (Å²) in [5.41, 5.74) is 0.344. The first-order valence-corrected chi connectivity index (χ1v) is 11.8. The fraction of sp³-hybridized carbons (Fsp3) is 0.269. The first kappa shape index (κ1) is 27.4. The van der Waals surface area contributed by atoms with Gasteiger partial charge in [-0.1, -0.05) is 25.4 Å². The number of hydrogen-bond donors (Lipinski definition) is 1. The summed E-state index contributed by atoms with van der Waals surface area (Å²) in [4.78, 5) is 30.1. The molecule has 0 fully saturated rings. The Morgan fingerprint density at radius 3 is 2.55 bits per heavy atom. The zero-order valence-electron chi connectivity index (χ0n) is 21.0. The van der Waals surface area contributed by atoms with Crippen molar-refractivity contribution in [3.8, 4) is 11.4 Å². The summed E-state index contributed by atoms with van der Waals surface area (Å²) in [5.74, 6) is -2.53. The van der Waals surface area contributed by atoms with E-state index in [1.54, 1.807) is 26.8 Å². The number of ether oxygens (including phenoxy) is 1. The monoisotopic (exact) mass is 543 g/mol. The zero-order chi connectivity index (χ0) is 27.8. The number of carbonyl (C=O) groups excluding carboxylic acids is 1. The molecule has 1 aliphatic rings. The third-order valence-corrected chi connectivity index (χ3v) is 6.46. The lowest BCUT2D eigenvalue weighted by Gasteiger charge is -2.41. The van der Waals surface area contributed by atoms with Crippen molar-refractivity contribution >= 4 is 23.2 Å². The number of amides is 1. The predicted octanol–water partition coefficient (Wildman–Crippen LogP) is 4.71. The number of aliphatic hydroxyl groups is 1. The summed E-state index contributed by atoms with van der Waals surface area (Å²) < 4.78 is 31.0. The SMILES string of the molecule is CC1=CC(OCc2ncc(F)cc2F)=C(Cl)C(=O)[N+]1([O-])c1cc(-c2ccnc(C(C)(C)CO)n2)ncc1C. The maximum Gasteiger partial charge on any atom is 0.370 e. The number of nitrogens with zero attached hydrogens (tertiary/aromatic N) is 5. The van der Waals surface area contributed by atoms with Crippen molar-refractivity contribution in [3.05, 3.63) is 93.3 Å². The number of carbonyl (C=O) groups is 1. The Morgan fingerprint density at radius 1 is 1.13 bits per heavy atom. The van der Waals surface area contributed by atoms with Gasteiger partial charge in [-0.15, -0.1) is 0 Å². The van der Waals surface area contributed by atoms with Crippen LogP contribution in [0.25, 0.3) is 11.4 Å². The first-order chi connectivity index (χ1) is 17.9. The fourth-order valence-corrected chi connectivity index (χ4v) is 3.97. The maximum absolute atomic E-state index is 14.1. The lowest BCUT2D eigenvalue weighted by atomic mass is 9.93. The van der Waals surface area contributed by atoms with Gasteiger partial charge in [-0.25, -0.2) is 28.2 Å². The summed E-state index contributed by atoms with van der Waals surface area (Å²) in [6, 6.07) is 3.72. The highest BCUT2D eigenvalue weighted by atomic mass is 35.5. The van der Waals surface area contributed by atoms with Gasteiger partial charge < -0.3 is 15.1 Å². The van der Waals surface area contributed by atoms with Crippen molar-refractivity contribution < 1.29 is 23.4 Å². The second kappa shape index (κ2) is 10.3. The second-order valence-electron chi connectivity index (χ2n) is 9.41. The molecule has 38 heavy (non-hydrogen) atoms. The van der Waals surface area contributed by atoms with E-state index in [0.717, 1.165) is 6.20 Å². The molecule has 0 radical (unpaired) electrons. The number of aromatic nitrogens is 4. The third-order valence-electron chi connectivity index (χ3n) is 6.11. The van der Waals surface area contributed by atoms with E-state index in [-0.39, 0.29) is 29.4 Å². The maximum atomic E-state index is 14.1. The molecule has 12 heteroatoms. The van der Waals surface area contributed by atoms with Gasteiger partial charge in [0.1, 0.15) is 29.6 Å². The van der Waals surface area contributed by atoms with Crippen LogP contribution in [-0.4, -0.2) is 37.6 Å². The quantitative estimate of drug-likeness (QED) is 0.336. The largest absolute Gasteiger partial charge is 0.614 e. The van der Waals surface area contributed by atoms with Crippen LogP contribution in [0.5, 0.6) is 0 Å². The number of quaternary nitrogens is 1. The molecule has 1 aliphatic heterocycles. The van der Waals surface area contributed by atoms with Crippen molar-refractivity contribution in [2.75, 3.05) is 6.61 Å². The van der Waals surface area contributed by atoms with Crippen LogP contribution in [-0.2, 0) is 21.6 Å². The Kier molecular flexibility index (Phi) is 7.39. The highest BCUT2D eigenvalue weighted by Crippen LogP contribution is 2.40. The standard InChI is InChI=1S/C26H24ClF2N5O4/c1-14-10-31-19(18-5-6-30-25(33-18)26(3,4)13-35)9-21(14)34(37)15(2)7-22(23(27)24(34)36)38-12-20-17(29)8-16(28)11-32-20/h5-11,35H,12-13H2,1-4H3. The summed E-state index contributed by atoms with van der Waals surface area (Å²) in [6.07, 6.45) is 5.11. The van der Waals surface area contributed by atoms with Crippen molar-refractivity contribution in [3.63, 3.8) is 0 Å². The Hall–Kier alpha value is -3.64. The van der Waals surface area contributed by atoms with Crippen LogP contribution in [0.2, 0.25) is 0 Å². The van der Waals surface area contributed by atoms with Crippen molar-refractivity contribution in [2.24, 2.45) is 0 Å². The second-order valence-corrected chi connectivity index (χ2v) is 9.79. The lowest BCUT2D eigenvalue weighted by Crippen LogP contribution is -2.49. The molecule has 1 unspecified atom stereocenters. The van der Waals surface area contributed by atoms with Crippen LogP contribution >= 0.6 is 11.6 Å². The van der Waals surface area contributed by atoms with E-state index in [2.05, 4.69) is 19.9 Å². The molecular weight excluding hydrogens is 520 g/mol. The fourth-order valence-electron chi connectivity index (χ4n) is 3.74. The van der Waals surface area contributed by atoms with Gasteiger partial charge in [0.15, 0.2) is 22.3 Å². The van der Waals surface area contributed by atoms with Gasteiger partial charge in [-0.3, -0.25) is 9.97 Å². The topological polar surface area (TPSA) is 121 Å². The van der Waals surface area contributed by atoms with Crippen LogP contribution in [0.15, 0.2) is 59.4 Å². The predicted molar refractivity (Wildman–Crippen MR) is 136 cm³/mol. The highest BCUT2D eigenvalue weighted by Gasteiger charge is 2.42. The van der Waals surface area contributed by atoms with Crippen LogP contribution in [0.1, 0.15) is 37.9 Å². The van der Waals surface area contributed by atoms with Gasteiger partial charge in [-0.05, 0) is 13.0 Å². The number of allylic oxidation sites excluding steroid dienone is 2. The number of aliphatic hydroxyl groups excluding tert-OH is 1. The minimum absolute atomic E-state index is 0.0342. The average Bonchev–Trinajstić information content (AvgIpc) is 2.90. The molecule has 0 saturated carbocycles. The van der Waals surface area contributed by atoms with Gasteiger partial charge in [0.2, 0.25) is 0 Å². The number of pyridine rings is 2. The summed E-state index contributed by atoms with van der Waals surface area (Å²) >= 11 is 6.27. The van der Waals surface area contributed by atoms with E-state index in [1.165, 1.54) is 31.5 Å². The third kappa shape index (κ3) is 4.93. The molecule has 1 N–H and O–H groups in total. The first-order valence-electron chi connectivity index (χ1n) is 11.5. The lowest BCUT2D eigenvalue weighted by molar-refractivity contribution is -0.122. The van der Waals surface area contributed by atoms with Crippen molar-refractivity contribution in [1.82, 2.24) is 24.6 Å². The smallest absolute Gasteiger partial charge is 0.370 e. The minimum atomic E-state index is -1.53. The molecule has 3 aromatic rings. The van der Waals surface area contributed by atoms with E-state index in [1.807, 2.05) is 0 Å². The van der Waals surface area contributed by atoms with E-state index < -0.39 is 39.2 Å². The van der Waals surface area contributed by atoms with Gasteiger partial charge in [0, 0.05) is 48.5 Å². The van der Waals surface area contributed by atoms with Gasteiger partial charge in [0.05, 0.1) is 24.2 Å². The molecule has 9 nitrogen and oxygen atoms in total. The van der Waals surface area contributed by atoms with E-state index in [4.69, 9.17) is 16.3 Å². The van der Waals surface area contributed by atoms with Crippen LogP contribution in [0.4, 0.5) is 14.5 Å². The van der Waals surface area contributed by atoms with Gasteiger partial charge >= 0.3 is 5.91 Å². The Balaban J connectivity index is 1.69. The molecule has 0 spiro atoms. The highest BCUT2D eigenvalue weighted by molar-refractivity contribution is 6.44. The molecule has 4 heterocycles. The molecule has 1 atom stereocenters. The molecular formula is C26H24ClF2N5O4. The van der Waals surface area contributed by atoms with Crippen LogP contribution in [0.3, 0.4) is 0 Å². The normalized spacial score (nSPS) is 18.0. The minimum Gasteiger partial charge on any atom is -0.614 e. The van der Waals surface area contributed by atoms with Gasteiger partial charge in [0.25, 0.3) is 0 Å².